The molecule has 6 heteroatoms. The molecule has 2 aliphatic heterocycles. The molecule has 1 aromatic rings. The molecule has 148 valence electrons. The topological polar surface area (TPSA) is 35.6 Å². The molecule has 1 aliphatic carbocycles. The van der Waals surface area contributed by atoms with Crippen LogP contribution in [0.1, 0.15) is 44.1 Å². The molecule has 4 rings (SSSR count). The van der Waals surface area contributed by atoms with Gasteiger partial charge in [-0.1, -0.05) is 17.7 Å². The molecule has 2 heterocycles. The first-order valence-corrected chi connectivity index (χ1v) is 10.7. The molecule has 1 amide bonds. The van der Waals surface area contributed by atoms with Gasteiger partial charge in [0.15, 0.2) is 0 Å². The lowest BCUT2D eigenvalue weighted by atomic mass is 9.93. The Morgan fingerprint density at radius 3 is 2.63 bits per heavy atom. The van der Waals surface area contributed by atoms with E-state index in [1.807, 2.05) is 6.07 Å². The molecule has 1 saturated carbocycles. The molecule has 1 aromatic carbocycles. The van der Waals surface area contributed by atoms with Gasteiger partial charge in [0.1, 0.15) is 5.82 Å². The van der Waals surface area contributed by atoms with Crippen molar-refractivity contribution in [2.45, 2.75) is 57.2 Å². The van der Waals surface area contributed by atoms with Crippen LogP contribution in [0.2, 0.25) is 5.02 Å². The van der Waals surface area contributed by atoms with Crippen LogP contribution >= 0.6 is 11.6 Å². The summed E-state index contributed by atoms with van der Waals surface area (Å²) in [6.07, 6.45) is 6.68. The van der Waals surface area contributed by atoms with E-state index in [4.69, 9.17) is 11.6 Å². The Labute approximate surface area is 166 Å². The first-order valence-electron chi connectivity index (χ1n) is 10.3. The molecule has 3 aliphatic rings. The normalized spacial score (nSPS) is 25.5. The average molecular weight is 394 g/mol. The predicted octanol–water partition coefficient (Wildman–Crippen LogP) is 3.43. The minimum atomic E-state index is -0.340. The summed E-state index contributed by atoms with van der Waals surface area (Å²) in [5.74, 6) is 0.0895. The van der Waals surface area contributed by atoms with E-state index in [1.54, 1.807) is 12.1 Å². The second-order valence-electron chi connectivity index (χ2n) is 8.37. The van der Waals surface area contributed by atoms with Gasteiger partial charge in [0.2, 0.25) is 5.91 Å². The van der Waals surface area contributed by atoms with E-state index < -0.39 is 0 Å². The molecule has 2 saturated heterocycles. The zero-order valence-corrected chi connectivity index (χ0v) is 16.6. The van der Waals surface area contributed by atoms with Gasteiger partial charge < -0.3 is 5.32 Å². The average Bonchev–Trinajstić information content (AvgIpc) is 3.49. The van der Waals surface area contributed by atoms with Crippen molar-refractivity contribution in [1.82, 2.24) is 15.1 Å². The number of amides is 1. The Morgan fingerprint density at radius 2 is 1.93 bits per heavy atom. The summed E-state index contributed by atoms with van der Waals surface area (Å²) in [6, 6.07) is 6.11. The molecule has 0 aromatic heterocycles. The van der Waals surface area contributed by atoms with Gasteiger partial charge in [0, 0.05) is 25.2 Å². The molecule has 4 nitrogen and oxygen atoms in total. The minimum Gasteiger partial charge on any atom is -0.353 e. The summed E-state index contributed by atoms with van der Waals surface area (Å²) in [6.45, 7) is 4.83. The predicted molar refractivity (Wildman–Crippen MR) is 105 cm³/mol. The summed E-state index contributed by atoms with van der Waals surface area (Å²) in [5, 5.41) is 3.36. The Balaban J connectivity index is 1.25. The van der Waals surface area contributed by atoms with E-state index in [0.717, 1.165) is 76.8 Å². The van der Waals surface area contributed by atoms with E-state index in [2.05, 4.69) is 15.1 Å². The Morgan fingerprint density at radius 1 is 1.15 bits per heavy atom. The molecule has 3 fully saturated rings. The second-order valence-corrected chi connectivity index (χ2v) is 8.78. The van der Waals surface area contributed by atoms with E-state index in [1.165, 1.54) is 0 Å². The van der Waals surface area contributed by atoms with Crippen LogP contribution in [0, 0.1) is 11.7 Å². The number of hydrogen-bond donors (Lipinski definition) is 1. The molecule has 1 unspecified atom stereocenters. The number of nitrogens with one attached hydrogen (secondary N) is 1. The fraction of sp³-hybridized carbons (Fsp3) is 0.667. The van der Waals surface area contributed by atoms with Crippen LogP contribution < -0.4 is 5.32 Å². The Kier molecular flexibility index (Phi) is 6.00. The lowest BCUT2D eigenvalue weighted by Crippen LogP contribution is -2.50. The zero-order chi connectivity index (χ0) is 18.8. The maximum Gasteiger partial charge on any atom is 0.224 e. The van der Waals surface area contributed by atoms with Crippen LogP contribution in [0.15, 0.2) is 18.2 Å². The highest BCUT2D eigenvalue weighted by molar-refractivity contribution is 6.30. The second kappa shape index (κ2) is 8.46. The fourth-order valence-electron chi connectivity index (χ4n) is 4.44. The number of nitrogens with zero attached hydrogens (tertiary/aromatic N) is 2. The summed E-state index contributed by atoms with van der Waals surface area (Å²) < 4.78 is 13.6. The van der Waals surface area contributed by atoms with Crippen molar-refractivity contribution in [3.8, 4) is 0 Å². The molecular formula is C21H29ClFN3O. The van der Waals surface area contributed by atoms with Gasteiger partial charge in [0.05, 0.1) is 10.9 Å². The van der Waals surface area contributed by atoms with Crippen molar-refractivity contribution in [2.24, 2.45) is 5.92 Å². The number of carbonyl (C=O) groups excluding carboxylic acids is 1. The third kappa shape index (κ3) is 5.01. The van der Waals surface area contributed by atoms with Crippen LogP contribution in [-0.2, 0) is 11.3 Å². The van der Waals surface area contributed by atoms with Gasteiger partial charge >= 0.3 is 0 Å². The van der Waals surface area contributed by atoms with Gasteiger partial charge in [-0.2, -0.15) is 0 Å². The number of halogens is 2. The lowest BCUT2D eigenvalue weighted by Gasteiger charge is -2.42. The highest BCUT2D eigenvalue weighted by atomic mass is 35.5. The number of hydrogen-bond acceptors (Lipinski definition) is 3. The molecule has 0 spiro atoms. The van der Waals surface area contributed by atoms with Gasteiger partial charge in [-0.25, -0.2) is 4.39 Å². The summed E-state index contributed by atoms with van der Waals surface area (Å²) in [7, 11) is 0. The number of likely N-dealkylation sites (tertiary alicyclic amines) is 2. The highest BCUT2D eigenvalue weighted by Gasteiger charge is 2.33. The number of benzene rings is 1. The summed E-state index contributed by atoms with van der Waals surface area (Å²) in [5.41, 5.74) is 0.977. The summed E-state index contributed by atoms with van der Waals surface area (Å²) in [4.78, 5) is 17.3. The maximum absolute atomic E-state index is 13.6. The van der Waals surface area contributed by atoms with Crippen molar-refractivity contribution in [3.05, 3.63) is 34.6 Å². The van der Waals surface area contributed by atoms with Gasteiger partial charge in [-0.05, 0) is 75.9 Å². The Bertz CT molecular complexity index is 673. The Hall–Kier alpha value is -1.17. The van der Waals surface area contributed by atoms with Crippen LogP contribution in [0.3, 0.4) is 0 Å². The van der Waals surface area contributed by atoms with Crippen molar-refractivity contribution in [2.75, 3.05) is 26.2 Å². The van der Waals surface area contributed by atoms with Crippen molar-refractivity contribution >= 4 is 17.5 Å². The van der Waals surface area contributed by atoms with E-state index in [9.17, 15) is 9.18 Å². The molecule has 0 radical (unpaired) electrons. The zero-order valence-electron chi connectivity index (χ0n) is 15.8. The van der Waals surface area contributed by atoms with Crippen molar-refractivity contribution in [3.63, 3.8) is 0 Å². The van der Waals surface area contributed by atoms with Gasteiger partial charge in [-0.15, -0.1) is 0 Å². The van der Waals surface area contributed by atoms with Gasteiger partial charge in [0.25, 0.3) is 0 Å². The first-order chi connectivity index (χ1) is 13.1. The monoisotopic (exact) mass is 393 g/mol. The number of piperidine rings is 2. The SMILES string of the molecule is O=C(NC1CC1)C1CCCN(C2CCN(Cc3ccc(Cl)c(F)c3)CC2)C1. The molecule has 0 bridgehead atoms. The molecule has 1 atom stereocenters. The van der Waals surface area contributed by atoms with Gasteiger partial charge in [-0.3, -0.25) is 14.6 Å². The quantitative estimate of drug-likeness (QED) is 0.832. The third-order valence-electron chi connectivity index (χ3n) is 6.21. The van der Waals surface area contributed by atoms with Crippen molar-refractivity contribution < 1.29 is 9.18 Å². The highest BCUT2D eigenvalue weighted by Crippen LogP contribution is 2.26. The molecule has 1 N–H and O–H groups in total. The standard InChI is InChI=1S/C21H29ClFN3O/c22-19-6-3-15(12-20(19)23)13-25-10-7-18(8-11-25)26-9-1-2-16(14-26)21(27)24-17-4-5-17/h3,6,12,16-18H,1-2,4-5,7-11,13-14H2,(H,24,27). The molecular weight excluding hydrogens is 365 g/mol. The third-order valence-corrected chi connectivity index (χ3v) is 6.52. The maximum atomic E-state index is 13.6. The number of carbonyl (C=O) groups is 1. The van der Waals surface area contributed by atoms with Crippen LogP contribution in [0.25, 0.3) is 0 Å². The summed E-state index contributed by atoms with van der Waals surface area (Å²) >= 11 is 5.77. The number of rotatable bonds is 5. The smallest absolute Gasteiger partial charge is 0.224 e. The van der Waals surface area contributed by atoms with Crippen molar-refractivity contribution in [1.29, 1.82) is 0 Å². The first kappa shape index (κ1) is 19.2. The largest absolute Gasteiger partial charge is 0.353 e. The van der Waals surface area contributed by atoms with E-state index in [0.29, 0.717) is 12.1 Å². The van der Waals surface area contributed by atoms with Crippen LogP contribution in [0.4, 0.5) is 4.39 Å². The lowest BCUT2D eigenvalue weighted by molar-refractivity contribution is -0.127. The van der Waals surface area contributed by atoms with Crippen LogP contribution in [-0.4, -0.2) is 54.0 Å². The van der Waals surface area contributed by atoms with E-state index >= 15 is 0 Å². The van der Waals surface area contributed by atoms with E-state index in [-0.39, 0.29) is 22.7 Å². The fourth-order valence-corrected chi connectivity index (χ4v) is 4.56. The minimum absolute atomic E-state index is 0.162. The van der Waals surface area contributed by atoms with Crippen LogP contribution in [0.5, 0.6) is 0 Å². The molecule has 27 heavy (non-hydrogen) atoms.